The number of hydrogen-bond donors (Lipinski definition) is 1. The average Bonchev–Trinajstić information content (AvgIpc) is 3.34. The molecular formula is C19H16N2O9. The summed E-state index contributed by atoms with van der Waals surface area (Å²) in [4.78, 5) is 22.4. The van der Waals surface area contributed by atoms with Gasteiger partial charge >= 0.3 is 11.4 Å². The fourth-order valence-corrected chi connectivity index (χ4v) is 3.50. The van der Waals surface area contributed by atoms with E-state index >= 15 is 0 Å². The van der Waals surface area contributed by atoms with Crippen LogP contribution in [0.5, 0.6) is 17.2 Å². The van der Waals surface area contributed by atoms with E-state index in [1.54, 1.807) is 18.2 Å². The molecular weight excluding hydrogens is 400 g/mol. The lowest BCUT2D eigenvalue weighted by Gasteiger charge is -2.07. The summed E-state index contributed by atoms with van der Waals surface area (Å²) in [5.74, 6) is 0.613. The Morgan fingerprint density at radius 3 is 2.50 bits per heavy atom. The highest BCUT2D eigenvalue weighted by atomic mass is 16.7. The van der Waals surface area contributed by atoms with E-state index in [9.17, 15) is 20.2 Å². The summed E-state index contributed by atoms with van der Waals surface area (Å²) in [7, 11) is 1.23. The monoisotopic (exact) mass is 416 g/mol. The molecule has 1 aromatic heterocycles. The molecule has 30 heavy (non-hydrogen) atoms. The van der Waals surface area contributed by atoms with Gasteiger partial charge in [-0.05, 0) is 37.1 Å². The van der Waals surface area contributed by atoms with Crippen molar-refractivity contribution in [3.05, 3.63) is 50.1 Å². The number of nitrogens with zero attached hydrogens (tertiary/aromatic N) is 2. The van der Waals surface area contributed by atoms with Gasteiger partial charge in [-0.3, -0.25) is 20.2 Å². The molecule has 3 aromatic rings. The number of fused-ring (bicyclic) bond motifs is 2. The molecule has 0 aliphatic carbocycles. The molecule has 156 valence electrons. The fraction of sp³-hybridized carbons (Fsp3) is 0.263. The first-order chi connectivity index (χ1) is 14.5. The molecule has 2 heterocycles. The molecule has 0 radical (unpaired) electrons. The minimum atomic E-state index is -0.625. The molecule has 0 amide bonds. The summed E-state index contributed by atoms with van der Waals surface area (Å²) < 4.78 is 21.6. The van der Waals surface area contributed by atoms with Crippen molar-refractivity contribution in [2.75, 3.05) is 20.5 Å². The van der Waals surface area contributed by atoms with Crippen LogP contribution in [-0.4, -0.2) is 35.5 Å². The van der Waals surface area contributed by atoms with Crippen LogP contribution in [0.3, 0.4) is 0 Å². The zero-order chi connectivity index (χ0) is 21.4. The van der Waals surface area contributed by atoms with E-state index in [0.29, 0.717) is 17.1 Å². The van der Waals surface area contributed by atoms with Crippen LogP contribution >= 0.6 is 0 Å². The summed E-state index contributed by atoms with van der Waals surface area (Å²) in [5, 5.41) is 32.8. The number of aliphatic hydroxyl groups excluding tert-OH is 1. The highest BCUT2D eigenvalue weighted by Gasteiger charge is 2.34. The number of furan rings is 1. The van der Waals surface area contributed by atoms with Crippen molar-refractivity contribution in [2.24, 2.45) is 0 Å². The Morgan fingerprint density at radius 1 is 1.10 bits per heavy atom. The van der Waals surface area contributed by atoms with Crippen LogP contribution in [0, 0.1) is 20.2 Å². The van der Waals surface area contributed by atoms with Crippen LogP contribution in [0.4, 0.5) is 11.4 Å². The smallest absolute Gasteiger partial charge is 0.323 e. The van der Waals surface area contributed by atoms with Gasteiger partial charge in [0.05, 0.1) is 17.0 Å². The van der Waals surface area contributed by atoms with Gasteiger partial charge in [0.2, 0.25) is 18.3 Å². The summed E-state index contributed by atoms with van der Waals surface area (Å²) in [5.41, 5.74) is -0.235. The third-order valence-electron chi connectivity index (χ3n) is 4.77. The minimum Gasteiger partial charge on any atom is -0.488 e. The first-order valence-electron chi connectivity index (χ1n) is 8.92. The Balaban J connectivity index is 2.02. The molecule has 11 heteroatoms. The summed E-state index contributed by atoms with van der Waals surface area (Å²) >= 11 is 0. The van der Waals surface area contributed by atoms with E-state index < -0.39 is 9.85 Å². The molecule has 4 rings (SSSR count). The van der Waals surface area contributed by atoms with Gasteiger partial charge in [0, 0.05) is 17.7 Å². The highest BCUT2D eigenvalue weighted by molar-refractivity contribution is 6.00. The number of nitro benzene ring substituents is 1. The normalized spacial score (nSPS) is 12.3. The van der Waals surface area contributed by atoms with Crippen LogP contribution in [-0.2, 0) is 6.42 Å². The lowest BCUT2D eigenvalue weighted by molar-refractivity contribution is -0.386. The number of aryl methyl sites for hydroxylation is 1. The van der Waals surface area contributed by atoms with Gasteiger partial charge in [0.15, 0.2) is 17.1 Å². The predicted octanol–water partition coefficient (Wildman–Crippen LogP) is 3.58. The van der Waals surface area contributed by atoms with Crippen molar-refractivity contribution < 1.29 is 33.6 Å². The largest absolute Gasteiger partial charge is 0.488 e. The molecule has 0 spiro atoms. The first-order valence-corrected chi connectivity index (χ1v) is 8.92. The number of nitro groups is 2. The van der Waals surface area contributed by atoms with E-state index in [0.717, 1.165) is 0 Å². The maximum absolute atomic E-state index is 11.9. The van der Waals surface area contributed by atoms with Crippen molar-refractivity contribution in [1.29, 1.82) is 0 Å². The molecule has 2 aromatic carbocycles. The van der Waals surface area contributed by atoms with E-state index in [-0.39, 0.29) is 65.7 Å². The second kappa shape index (κ2) is 7.52. The quantitative estimate of drug-likeness (QED) is 0.450. The lowest BCUT2D eigenvalue weighted by atomic mass is 10.0. The van der Waals surface area contributed by atoms with Crippen LogP contribution in [0.25, 0.3) is 22.3 Å². The van der Waals surface area contributed by atoms with Crippen molar-refractivity contribution in [3.63, 3.8) is 0 Å². The zero-order valence-electron chi connectivity index (χ0n) is 15.7. The number of aliphatic hydroxyl groups is 1. The molecule has 0 atom stereocenters. The van der Waals surface area contributed by atoms with E-state index in [1.807, 2.05) is 0 Å². The first kappa shape index (κ1) is 19.5. The number of hydrogen-bond acceptors (Lipinski definition) is 9. The van der Waals surface area contributed by atoms with E-state index in [2.05, 4.69) is 0 Å². The Morgan fingerprint density at radius 2 is 1.83 bits per heavy atom. The van der Waals surface area contributed by atoms with Gasteiger partial charge in [-0.1, -0.05) is 0 Å². The summed E-state index contributed by atoms with van der Waals surface area (Å²) in [6, 6.07) is 6.07. The molecule has 0 saturated heterocycles. The second-order valence-corrected chi connectivity index (χ2v) is 6.48. The van der Waals surface area contributed by atoms with Crippen molar-refractivity contribution in [2.45, 2.75) is 12.8 Å². The molecule has 1 aliphatic rings. The molecule has 0 saturated carbocycles. The fourth-order valence-electron chi connectivity index (χ4n) is 3.50. The van der Waals surface area contributed by atoms with Gasteiger partial charge in [-0.15, -0.1) is 0 Å². The van der Waals surface area contributed by atoms with Gasteiger partial charge in [0.1, 0.15) is 5.39 Å². The van der Waals surface area contributed by atoms with Crippen LogP contribution < -0.4 is 14.2 Å². The van der Waals surface area contributed by atoms with Gasteiger partial charge in [-0.2, -0.15) is 0 Å². The Hall–Kier alpha value is -3.86. The maximum atomic E-state index is 11.9. The van der Waals surface area contributed by atoms with E-state index in [1.165, 1.54) is 13.2 Å². The number of rotatable bonds is 7. The van der Waals surface area contributed by atoms with Crippen molar-refractivity contribution in [1.82, 2.24) is 0 Å². The Labute approximate surface area is 168 Å². The Kier molecular flexibility index (Phi) is 4.88. The minimum absolute atomic E-state index is 0.0369. The van der Waals surface area contributed by atoms with Crippen LogP contribution in [0.15, 0.2) is 28.7 Å². The second-order valence-electron chi connectivity index (χ2n) is 6.48. The predicted molar refractivity (Wildman–Crippen MR) is 103 cm³/mol. The highest BCUT2D eigenvalue weighted by Crippen LogP contribution is 2.49. The molecule has 1 N–H and O–H groups in total. The standard InChI is InChI=1S/C19H16N2O9/c1-27-19-15(20(23)24)10(3-2-6-22)7-12-16(21(25)26)17(30-18(12)19)11-4-5-13-14(8-11)29-9-28-13/h4-5,7-8,22H,2-3,6,9H2,1H3. The molecule has 0 unspecified atom stereocenters. The van der Waals surface area contributed by atoms with Crippen molar-refractivity contribution in [3.8, 4) is 28.6 Å². The van der Waals surface area contributed by atoms with Crippen LogP contribution in [0.1, 0.15) is 12.0 Å². The van der Waals surface area contributed by atoms with Gasteiger partial charge < -0.3 is 23.7 Å². The lowest BCUT2D eigenvalue weighted by Crippen LogP contribution is -2.01. The molecule has 11 nitrogen and oxygen atoms in total. The van der Waals surface area contributed by atoms with Crippen molar-refractivity contribution >= 4 is 22.3 Å². The zero-order valence-corrected chi connectivity index (χ0v) is 15.7. The number of ether oxygens (including phenoxy) is 3. The van der Waals surface area contributed by atoms with Gasteiger partial charge in [-0.25, -0.2) is 0 Å². The van der Waals surface area contributed by atoms with E-state index in [4.69, 9.17) is 23.7 Å². The number of benzene rings is 2. The van der Waals surface area contributed by atoms with Crippen LogP contribution in [0.2, 0.25) is 0 Å². The SMILES string of the molecule is COc1c([N+](=O)[O-])c(CCCO)cc2c([N+](=O)[O-])c(-c3ccc4c(c3)OCO4)oc12. The summed E-state index contributed by atoms with van der Waals surface area (Å²) in [6.45, 7) is -0.150. The number of methoxy groups -OCH3 is 1. The third kappa shape index (κ3) is 3.05. The molecule has 1 aliphatic heterocycles. The average molecular weight is 416 g/mol. The topological polar surface area (TPSA) is 147 Å². The molecule has 0 bridgehead atoms. The molecule has 0 fully saturated rings. The van der Waals surface area contributed by atoms with Gasteiger partial charge in [0.25, 0.3) is 0 Å². The maximum Gasteiger partial charge on any atom is 0.323 e. The third-order valence-corrected chi connectivity index (χ3v) is 4.77. The summed E-state index contributed by atoms with van der Waals surface area (Å²) in [6.07, 6.45) is 0.386. The Bertz CT molecular complexity index is 1170.